The van der Waals surface area contributed by atoms with Gasteiger partial charge in [0.2, 0.25) is 0 Å². The summed E-state index contributed by atoms with van der Waals surface area (Å²) in [5.41, 5.74) is 0.247. The number of piperazine rings is 1. The summed E-state index contributed by atoms with van der Waals surface area (Å²) in [5.74, 6) is 0. The van der Waals surface area contributed by atoms with Crippen LogP contribution < -0.4 is 15.5 Å². The van der Waals surface area contributed by atoms with Gasteiger partial charge in [-0.2, -0.15) is 17.9 Å². The van der Waals surface area contributed by atoms with Crippen LogP contribution in [0.2, 0.25) is 0 Å². The SMILES string of the molecule is O=c1n(C[NH+]2CCN(c3cccc(C(F)(F)F)c3)CC2)nnn1-c1ccccc1. The first-order valence-corrected chi connectivity index (χ1v) is 9.26. The summed E-state index contributed by atoms with van der Waals surface area (Å²) in [6.07, 6.45) is -4.35. The highest BCUT2D eigenvalue weighted by molar-refractivity contribution is 5.49. The van der Waals surface area contributed by atoms with E-state index in [-0.39, 0.29) is 5.69 Å². The Balaban J connectivity index is 1.40. The Labute approximate surface area is 164 Å². The molecule has 10 heteroatoms. The van der Waals surface area contributed by atoms with Gasteiger partial charge in [-0.15, -0.1) is 4.68 Å². The average Bonchev–Trinajstić information content (AvgIpc) is 3.09. The summed E-state index contributed by atoms with van der Waals surface area (Å²) in [5, 5.41) is 7.89. The molecular weight excluding hydrogens is 385 g/mol. The van der Waals surface area contributed by atoms with Crippen molar-refractivity contribution in [1.82, 2.24) is 19.8 Å². The highest BCUT2D eigenvalue weighted by atomic mass is 19.4. The van der Waals surface area contributed by atoms with Crippen molar-refractivity contribution in [3.8, 4) is 5.69 Å². The Morgan fingerprint density at radius 3 is 2.31 bits per heavy atom. The number of aromatic nitrogens is 4. The molecule has 0 spiro atoms. The molecule has 2 aromatic carbocycles. The monoisotopic (exact) mass is 405 g/mol. The zero-order valence-corrected chi connectivity index (χ0v) is 15.5. The first kappa shape index (κ1) is 19.2. The Morgan fingerprint density at radius 2 is 1.62 bits per heavy atom. The Bertz CT molecular complexity index is 1020. The number of tetrazole rings is 1. The van der Waals surface area contributed by atoms with Gasteiger partial charge in [-0.1, -0.05) is 24.3 Å². The molecular formula is C19H20F3N6O+. The van der Waals surface area contributed by atoms with E-state index in [9.17, 15) is 18.0 Å². The number of rotatable bonds is 4. The summed E-state index contributed by atoms with van der Waals surface area (Å²) < 4.78 is 41.4. The molecule has 1 N–H and O–H groups in total. The lowest BCUT2D eigenvalue weighted by molar-refractivity contribution is -0.924. The van der Waals surface area contributed by atoms with E-state index in [0.29, 0.717) is 44.2 Å². The number of halogens is 3. The molecule has 3 aromatic rings. The lowest BCUT2D eigenvalue weighted by atomic mass is 10.1. The molecule has 0 radical (unpaired) electrons. The Kier molecular flexibility index (Phi) is 5.10. The number of quaternary nitrogens is 1. The lowest BCUT2D eigenvalue weighted by Crippen LogP contribution is -3.14. The maximum atomic E-state index is 12.9. The number of alkyl halides is 3. The van der Waals surface area contributed by atoms with Gasteiger partial charge in [0.25, 0.3) is 0 Å². The summed E-state index contributed by atoms with van der Waals surface area (Å²) >= 11 is 0. The second kappa shape index (κ2) is 7.70. The highest BCUT2D eigenvalue weighted by Crippen LogP contribution is 2.31. The van der Waals surface area contributed by atoms with Gasteiger partial charge in [-0.25, -0.2) is 4.79 Å². The molecule has 1 saturated heterocycles. The molecule has 152 valence electrons. The fourth-order valence-electron chi connectivity index (χ4n) is 3.43. The number of hydrogen-bond acceptors (Lipinski definition) is 4. The summed E-state index contributed by atoms with van der Waals surface area (Å²) in [4.78, 5) is 15.6. The van der Waals surface area contributed by atoms with Crippen LogP contribution in [0.3, 0.4) is 0 Å². The van der Waals surface area contributed by atoms with Gasteiger partial charge >= 0.3 is 11.9 Å². The Morgan fingerprint density at radius 1 is 0.931 bits per heavy atom. The largest absolute Gasteiger partial charge is 0.416 e. The van der Waals surface area contributed by atoms with Gasteiger partial charge in [0.15, 0.2) is 6.67 Å². The van der Waals surface area contributed by atoms with Gasteiger partial charge in [0, 0.05) is 5.69 Å². The van der Waals surface area contributed by atoms with E-state index in [1.54, 1.807) is 18.2 Å². The molecule has 1 aromatic heterocycles. The van der Waals surface area contributed by atoms with Crippen LogP contribution in [0.4, 0.5) is 18.9 Å². The first-order valence-electron chi connectivity index (χ1n) is 9.26. The highest BCUT2D eigenvalue weighted by Gasteiger charge is 2.31. The third kappa shape index (κ3) is 4.16. The summed E-state index contributed by atoms with van der Waals surface area (Å²) in [6.45, 7) is 2.92. The van der Waals surface area contributed by atoms with Crippen molar-refractivity contribution < 1.29 is 18.1 Å². The number of benzene rings is 2. The van der Waals surface area contributed by atoms with Crippen LogP contribution in [0.25, 0.3) is 5.69 Å². The molecule has 0 bridgehead atoms. The molecule has 29 heavy (non-hydrogen) atoms. The molecule has 1 fully saturated rings. The van der Waals surface area contributed by atoms with Gasteiger partial charge in [0.05, 0.1) is 37.4 Å². The van der Waals surface area contributed by atoms with Gasteiger partial charge < -0.3 is 9.80 Å². The second-order valence-electron chi connectivity index (χ2n) is 6.95. The van der Waals surface area contributed by atoms with Crippen molar-refractivity contribution in [1.29, 1.82) is 0 Å². The lowest BCUT2D eigenvalue weighted by Gasteiger charge is -2.33. The van der Waals surface area contributed by atoms with Gasteiger partial charge in [-0.3, -0.25) is 0 Å². The zero-order valence-electron chi connectivity index (χ0n) is 15.5. The summed E-state index contributed by atoms with van der Waals surface area (Å²) in [7, 11) is 0. The van der Waals surface area contributed by atoms with Gasteiger partial charge in [0.1, 0.15) is 0 Å². The van der Waals surface area contributed by atoms with Crippen molar-refractivity contribution in [3.05, 3.63) is 70.6 Å². The molecule has 0 unspecified atom stereocenters. The smallest absolute Gasteiger partial charge is 0.360 e. The van der Waals surface area contributed by atoms with Crippen LogP contribution in [0, 0.1) is 0 Å². The molecule has 0 aliphatic carbocycles. The van der Waals surface area contributed by atoms with Crippen LogP contribution in [0.1, 0.15) is 5.56 Å². The fraction of sp³-hybridized carbons (Fsp3) is 0.316. The molecule has 0 atom stereocenters. The van der Waals surface area contributed by atoms with Crippen LogP contribution >= 0.6 is 0 Å². The number of hydrogen-bond donors (Lipinski definition) is 1. The van der Waals surface area contributed by atoms with Crippen LogP contribution in [-0.4, -0.2) is 46.0 Å². The summed E-state index contributed by atoms with van der Waals surface area (Å²) in [6, 6.07) is 14.4. The van der Waals surface area contributed by atoms with Crippen molar-refractivity contribution in [2.75, 3.05) is 31.1 Å². The normalized spacial score (nSPS) is 15.6. The maximum absolute atomic E-state index is 12.9. The van der Waals surface area contributed by atoms with E-state index < -0.39 is 11.7 Å². The number of para-hydroxylation sites is 1. The molecule has 4 rings (SSSR count). The number of nitrogens with zero attached hydrogens (tertiary/aromatic N) is 5. The van der Waals surface area contributed by atoms with E-state index in [4.69, 9.17) is 0 Å². The molecule has 0 amide bonds. The minimum absolute atomic E-state index is 0.316. The fourth-order valence-corrected chi connectivity index (χ4v) is 3.43. The molecule has 1 aliphatic rings. The maximum Gasteiger partial charge on any atom is 0.416 e. The first-order chi connectivity index (χ1) is 13.9. The van der Waals surface area contributed by atoms with Crippen molar-refractivity contribution in [2.45, 2.75) is 12.8 Å². The molecule has 7 nitrogen and oxygen atoms in total. The third-order valence-electron chi connectivity index (χ3n) is 5.02. The second-order valence-corrected chi connectivity index (χ2v) is 6.95. The van der Waals surface area contributed by atoms with Crippen molar-refractivity contribution in [2.24, 2.45) is 0 Å². The van der Waals surface area contributed by atoms with Crippen LogP contribution in [0.5, 0.6) is 0 Å². The Hall–Kier alpha value is -3.14. The van der Waals surface area contributed by atoms with Crippen LogP contribution in [-0.2, 0) is 12.8 Å². The van der Waals surface area contributed by atoms with E-state index in [1.165, 1.54) is 21.5 Å². The standard InChI is InChI=1S/C19H19F3N6O/c20-19(21,22)15-5-4-8-17(13-15)26-11-9-25(10-12-26)14-27-18(29)28(24-23-27)16-6-2-1-3-7-16/h1-8,13H,9-12,14H2/p+1. The zero-order chi connectivity index (χ0) is 20.4. The predicted molar refractivity (Wildman–Crippen MR) is 100.0 cm³/mol. The topological polar surface area (TPSA) is 60.4 Å². The van der Waals surface area contributed by atoms with E-state index >= 15 is 0 Å². The average molecular weight is 405 g/mol. The van der Waals surface area contributed by atoms with Crippen molar-refractivity contribution in [3.63, 3.8) is 0 Å². The van der Waals surface area contributed by atoms with Crippen LogP contribution in [0.15, 0.2) is 59.4 Å². The minimum atomic E-state index is -4.35. The molecule has 0 saturated carbocycles. The number of nitrogens with one attached hydrogen (secondary N) is 1. The molecule has 2 heterocycles. The number of anilines is 1. The van der Waals surface area contributed by atoms with E-state index in [2.05, 4.69) is 10.4 Å². The minimum Gasteiger partial charge on any atom is -0.360 e. The predicted octanol–water partition coefficient (Wildman–Crippen LogP) is 0.810. The van der Waals surface area contributed by atoms with E-state index in [1.807, 2.05) is 23.1 Å². The van der Waals surface area contributed by atoms with Crippen molar-refractivity contribution >= 4 is 5.69 Å². The quantitative estimate of drug-likeness (QED) is 0.698. The third-order valence-corrected chi connectivity index (χ3v) is 5.02. The van der Waals surface area contributed by atoms with Gasteiger partial charge in [-0.05, 0) is 40.8 Å². The van der Waals surface area contributed by atoms with E-state index in [0.717, 1.165) is 11.0 Å². The molecule has 1 aliphatic heterocycles.